The Bertz CT molecular complexity index is 784. The maximum Gasteiger partial charge on any atom is 0.336 e. The van der Waals surface area contributed by atoms with E-state index in [9.17, 15) is 9.90 Å². The Morgan fingerprint density at radius 1 is 1.12 bits per heavy atom. The molecule has 1 N–H and O–H groups in total. The minimum atomic E-state index is -0.340. The summed E-state index contributed by atoms with van der Waals surface area (Å²) in [4.78, 5) is 11.3. The number of benzene rings is 2. The van der Waals surface area contributed by atoms with Crippen molar-refractivity contribution < 1.29 is 9.52 Å². The van der Waals surface area contributed by atoms with E-state index < -0.39 is 0 Å². The number of fused-ring (bicyclic) bond motifs is 3. The van der Waals surface area contributed by atoms with Crippen molar-refractivity contribution in [2.45, 2.75) is 6.92 Å². The van der Waals surface area contributed by atoms with Crippen LogP contribution in [0, 0.1) is 6.92 Å². The highest BCUT2D eigenvalue weighted by molar-refractivity contribution is 6.07. The molecule has 0 fully saturated rings. The van der Waals surface area contributed by atoms with E-state index in [2.05, 4.69) is 0 Å². The lowest BCUT2D eigenvalue weighted by molar-refractivity contribution is 0.476. The van der Waals surface area contributed by atoms with Gasteiger partial charge < -0.3 is 9.52 Å². The minimum Gasteiger partial charge on any atom is -0.508 e. The molecular weight excluding hydrogens is 216 g/mol. The van der Waals surface area contributed by atoms with Gasteiger partial charge in [-0.1, -0.05) is 6.07 Å². The van der Waals surface area contributed by atoms with Gasteiger partial charge in [-0.3, -0.25) is 0 Å². The summed E-state index contributed by atoms with van der Waals surface area (Å²) in [6.07, 6.45) is 0. The molecule has 17 heavy (non-hydrogen) atoms. The molecule has 0 bridgehead atoms. The van der Waals surface area contributed by atoms with Crippen molar-refractivity contribution in [3.63, 3.8) is 0 Å². The summed E-state index contributed by atoms with van der Waals surface area (Å²) in [7, 11) is 0. The molecule has 0 atom stereocenters. The zero-order valence-corrected chi connectivity index (χ0v) is 9.23. The highest BCUT2D eigenvalue weighted by Crippen LogP contribution is 2.29. The van der Waals surface area contributed by atoms with Crippen molar-refractivity contribution in [3.05, 3.63) is 52.4 Å². The first kappa shape index (κ1) is 9.90. The van der Waals surface area contributed by atoms with Crippen molar-refractivity contribution in [1.29, 1.82) is 0 Å². The van der Waals surface area contributed by atoms with E-state index in [1.165, 1.54) is 6.07 Å². The van der Waals surface area contributed by atoms with Crippen LogP contribution in [0.3, 0.4) is 0 Å². The van der Waals surface area contributed by atoms with Gasteiger partial charge in [0.1, 0.15) is 11.3 Å². The Kier molecular flexibility index (Phi) is 1.95. The van der Waals surface area contributed by atoms with Crippen LogP contribution in [-0.4, -0.2) is 5.11 Å². The van der Waals surface area contributed by atoms with Gasteiger partial charge in [-0.15, -0.1) is 0 Å². The first-order valence-electron chi connectivity index (χ1n) is 5.31. The average Bonchev–Trinajstić information content (AvgIpc) is 2.28. The fourth-order valence-corrected chi connectivity index (χ4v) is 2.18. The number of aryl methyl sites for hydroxylation is 1. The summed E-state index contributed by atoms with van der Waals surface area (Å²) >= 11 is 0. The monoisotopic (exact) mass is 226 g/mol. The van der Waals surface area contributed by atoms with Gasteiger partial charge >= 0.3 is 5.63 Å². The van der Waals surface area contributed by atoms with Crippen LogP contribution in [0.2, 0.25) is 0 Å². The molecule has 3 rings (SSSR count). The van der Waals surface area contributed by atoms with Crippen molar-refractivity contribution in [2.24, 2.45) is 0 Å². The summed E-state index contributed by atoms with van der Waals surface area (Å²) in [5.41, 5.74) is 1.12. The first-order valence-corrected chi connectivity index (χ1v) is 5.31. The van der Waals surface area contributed by atoms with Gasteiger partial charge in [0.2, 0.25) is 0 Å². The molecule has 0 spiro atoms. The van der Waals surface area contributed by atoms with E-state index in [1.807, 2.05) is 19.1 Å². The second kappa shape index (κ2) is 3.35. The number of hydrogen-bond acceptors (Lipinski definition) is 3. The first-order chi connectivity index (χ1) is 8.15. The van der Waals surface area contributed by atoms with E-state index in [1.54, 1.807) is 18.2 Å². The fraction of sp³-hybridized carbons (Fsp3) is 0.0714. The zero-order chi connectivity index (χ0) is 12.0. The molecule has 0 radical (unpaired) electrons. The molecule has 0 unspecified atom stereocenters. The summed E-state index contributed by atoms with van der Waals surface area (Å²) in [5, 5.41) is 12.3. The fourth-order valence-electron chi connectivity index (χ4n) is 2.18. The maximum absolute atomic E-state index is 11.3. The Balaban J connectivity index is 2.60. The molecule has 3 heteroatoms. The van der Waals surface area contributed by atoms with Gasteiger partial charge in [0, 0.05) is 11.5 Å². The summed E-state index contributed by atoms with van der Waals surface area (Å²) < 4.78 is 5.16. The lowest BCUT2D eigenvalue weighted by Gasteiger charge is -2.05. The highest BCUT2D eigenvalue weighted by Gasteiger charge is 2.06. The van der Waals surface area contributed by atoms with E-state index in [0.29, 0.717) is 5.58 Å². The van der Waals surface area contributed by atoms with Gasteiger partial charge in [-0.25, -0.2) is 4.79 Å². The number of phenols is 1. The molecule has 3 nitrogen and oxygen atoms in total. The molecule has 0 saturated heterocycles. The molecule has 0 aliphatic carbocycles. The van der Waals surface area contributed by atoms with Gasteiger partial charge in [0.05, 0.1) is 0 Å². The van der Waals surface area contributed by atoms with Crippen LogP contribution < -0.4 is 5.63 Å². The maximum atomic E-state index is 11.3. The number of phenolic OH excluding ortho intramolecular Hbond substituents is 1. The Hall–Kier alpha value is -2.29. The Morgan fingerprint density at radius 3 is 2.76 bits per heavy atom. The molecule has 0 saturated carbocycles. The molecule has 2 aromatic carbocycles. The van der Waals surface area contributed by atoms with E-state index >= 15 is 0 Å². The van der Waals surface area contributed by atoms with Crippen LogP contribution >= 0.6 is 0 Å². The molecule has 1 aromatic heterocycles. The van der Waals surface area contributed by atoms with Crippen LogP contribution in [0.15, 0.2) is 45.6 Å². The molecule has 0 amide bonds. The van der Waals surface area contributed by atoms with E-state index in [-0.39, 0.29) is 11.4 Å². The van der Waals surface area contributed by atoms with Crippen molar-refractivity contribution in [1.82, 2.24) is 0 Å². The van der Waals surface area contributed by atoms with Crippen molar-refractivity contribution >= 4 is 21.7 Å². The van der Waals surface area contributed by atoms with Crippen LogP contribution in [0.4, 0.5) is 0 Å². The summed E-state index contributed by atoms with van der Waals surface area (Å²) in [5.74, 6) is 0.229. The molecule has 1 heterocycles. The molecule has 0 aliphatic heterocycles. The Morgan fingerprint density at radius 2 is 1.94 bits per heavy atom. The second-order valence-corrected chi connectivity index (χ2v) is 4.09. The number of rotatable bonds is 0. The largest absolute Gasteiger partial charge is 0.508 e. The third-order valence-corrected chi connectivity index (χ3v) is 2.90. The smallest absolute Gasteiger partial charge is 0.336 e. The third-order valence-electron chi connectivity index (χ3n) is 2.90. The predicted octanol–water partition coefficient (Wildman–Crippen LogP) is 2.96. The number of hydrogen-bond donors (Lipinski definition) is 1. The van der Waals surface area contributed by atoms with Crippen LogP contribution in [0.25, 0.3) is 21.7 Å². The van der Waals surface area contributed by atoms with Crippen molar-refractivity contribution in [3.8, 4) is 5.75 Å². The normalized spacial score (nSPS) is 11.1. The highest BCUT2D eigenvalue weighted by atomic mass is 16.4. The zero-order valence-electron chi connectivity index (χ0n) is 9.23. The average molecular weight is 226 g/mol. The SMILES string of the molecule is Cc1cc(=O)oc2ccc3cc(O)ccc3c12. The van der Waals surface area contributed by atoms with Gasteiger partial charge in [-0.2, -0.15) is 0 Å². The quantitative estimate of drug-likeness (QED) is 0.473. The summed E-state index contributed by atoms with van der Waals surface area (Å²) in [6.45, 7) is 1.88. The van der Waals surface area contributed by atoms with Gasteiger partial charge in [0.25, 0.3) is 0 Å². The van der Waals surface area contributed by atoms with Gasteiger partial charge in [-0.05, 0) is 47.5 Å². The van der Waals surface area contributed by atoms with Crippen LogP contribution in [-0.2, 0) is 0 Å². The third kappa shape index (κ3) is 1.47. The lowest BCUT2D eigenvalue weighted by atomic mass is 10.0. The summed E-state index contributed by atoms with van der Waals surface area (Å²) in [6, 6.07) is 10.2. The van der Waals surface area contributed by atoms with Crippen LogP contribution in [0.5, 0.6) is 5.75 Å². The molecular formula is C14H10O3. The lowest BCUT2D eigenvalue weighted by Crippen LogP contribution is -1.97. The predicted molar refractivity (Wildman–Crippen MR) is 66.4 cm³/mol. The second-order valence-electron chi connectivity index (χ2n) is 4.09. The topological polar surface area (TPSA) is 50.4 Å². The molecule has 0 aliphatic rings. The minimum absolute atomic E-state index is 0.229. The van der Waals surface area contributed by atoms with E-state index in [0.717, 1.165) is 21.7 Å². The van der Waals surface area contributed by atoms with E-state index in [4.69, 9.17) is 4.42 Å². The van der Waals surface area contributed by atoms with Crippen LogP contribution in [0.1, 0.15) is 5.56 Å². The van der Waals surface area contributed by atoms with Gasteiger partial charge in [0.15, 0.2) is 0 Å². The standard InChI is InChI=1S/C14H10O3/c1-8-6-13(16)17-12-5-2-9-7-10(15)3-4-11(9)14(8)12/h2-7,15H,1H3. The van der Waals surface area contributed by atoms with Crippen molar-refractivity contribution in [2.75, 3.05) is 0 Å². The molecule has 3 aromatic rings. The number of aromatic hydroxyl groups is 1. The Labute approximate surface area is 96.9 Å². The molecule has 84 valence electrons.